The quantitative estimate of drug-likeness (QED) is 0.558. The summed E-state index contributed by atoms with van der Waals surface area (Å²) in [6.07, 6.45) is 5.66. The van der Waals surface area contributed by atoms with Gasteiger partial charge in [0.1, 0.15) is 0 Å². The molecule has 2 aromatic heterocycles. The summed E-state index contributed by atoms with van der Waals surface area (Å²) in [5.74, 6) is -2.94. The second-order valence-corrected chi connectivity index (χ2v) is 9.92. The molecule has 180 valence electrons. The van der Waals surface area contributed by atoms with Gasteiger partial charge in [0.05, 0.1) is 33.5 Å². The minimum atomic E-state index is -2.64. The summed E-state index contributed by atoms with van der Waals surface area (Å²) in [6, 6.07) is 5.54. The van der Waals surface area contributed by atoms with Gasteiger partial charge in [0.2, 0.25) is 0 Å². The summed E-state index contributed by atoms with van der Waals surface area (Å²) in [6.45, 7) is 4.63. The number of likely N-dealkylation sites (tertiary alicyclic amines) is 1. The zero-order valence-electron chi connectivity index (χ0n) is 19.2. The average Bonchev–Trinajstić information content (AvgIpc) is 3.11. The van der Waals surface area contributed by atoms with Crippen LogP contribution in [0.25, 0.3) is 5.57 Å². The van der Waals surface area contributed by atoms with Crippen molar-refractivity contribution in [1.82, 2.24) is 20.2 Å². The van der Waals surface area contributed by atoms with Crippen LogP contribution >= 0.6 is 22.9 Å². The highest BCUT2D eigenvalue weighted by Crippen LogP contribution is 2.34. The highest BCUT2D eigenvalue weighted by atomic mass is 35.5. The van der Waals surface area contributed by atoms with Crippen molar-refractivity contribution >= 4 is 34.4 Å². The largest absolute Gasteiger partial charge is 0.350 e. The van der Waals surface area contributed by atoms with Crippen molar-refractivity contribution in [2.75, 3.05) is 19.6 Å². The predicted molar refractivity (Wildman–Crippen MR) is 132 cm³/mol. The number of thiazole rings is 1. The van der Waals surface area contributed by atoms with Crippen molar-refractivity contribution < 1.29 is 13.6 Å². The van der Waals surface area contributed by atoms with E-state index in [9.17, 15) is 13.6 Å². The molecule has 5 nitrogen and oxygen atoms in total. The molecule has 1 aliphatic carbocycles. The van der Waals surface area contributed by atoms with Crippen LogP contribution in [-0.4, -0.2) is 46.3 Å². The van der Waals surface area contributed by atoms with Gasteiger partial charge < -0.3 is 5.32 Å². The number of carbonyl (C=O) groups excluding carboxylic acids is 1. The topological polar surface area (TPSA) is 58.1 Å². The summed E-state index contributed by atoms with van der Waals surface area (Å²) in [7, 11) is 0. The Bertz CT molecular complexity index is 1150. The number of pyridine rings is 1. The molecule has 1 N–H and O–H groups in total. The Hall–Kier alpha value is -2.42. The molecule has 34 heavy (non-hydrogen) atoms. The maximum Gasteiger partial charge on any atom is 0.252 e. The van der Waals surface area contributed by atoms with Crippen molar-refractivity contribution in [3.63, 3.8) is 0 Å². The van der Waals surface area contributed by atoms with Crippen molar-refractivity contribution in [2.24, 2.45) is 0 Å². The molecule has 1 saturated heterocycles. The molecule has 9 heteroatoms. The van der Waals surface area contributed by atoms with Crippen LogP contribution < -0.4 is 5.32 Å². The number of hydrogen-bond acceptors (Lipinski definition) is 5. The lowest BCUT2D eigenvalue weighted by molar-refractivity contribution is -0.117. The highest BCUT2D eigenvalue weighted by molar-refractivity contribution is 7.09. The van der Waals surface area contributed by atoms with E-state index in [-0.39, 0.29) is 44.4 Å². The predicted octanol–water partition coefficient (Wildman–Crippen LogP) is 5.58. The minimum absolute atomic E-state index is 0.188. The van der Waals surface area contributed by atoms with Crippen LogP contribution in [0, 0.1) is 13.8 Å². The van der Waals surface area contributed by atoms with E-state index in [2.05, 4.69) is 15.3 Å². The van der Waals surface area contributed by atoms with Crippen LogP contribution in [0.1, 0.15) is 47.3 Å². The lowest BCUT2D eigenvalue weighted by Crippen LogP contribution is -2.45. The molecule has 0 aromatic carbocycles. The number of halogens is 3. The highest BCUT2D eigenvalue weighted by Gasteiger charge is 2.37. The molecular weight excluding hydrogens is 478 g/mol. The van der Waals surface area contributed by atoms with Gasteiger partial charge in [-0.15, -0.1) is 11.3 Å². The van der Waals surface area contributed by atoms with E-state index in [1.807, 2.05) is 43.0 Å². The Morgan fingerprint density at radius 1 is 1.29 bits per heavy atom. The molecule has 1 amide bonds. The first-order valence-electron chi connectivity index (χ1n) is 11.2. The fourth-order valence-corrected chi connectivity index (χ4v) is 5.39. The van der Waals surface area contributed by atoms with E-state index in [1.165, 1.54) is 11.3 Å². The minimum Gasteiger partial charge on any atom is -0.350 e. The number of aromatic nitrogens is 2. The number of hydrogen-bond donors (Lipinski definition) is 1. The molecule has 1 aliphatic heterocycles. The molecule has 2 aromatic rings. The van der Waals surface area contributed by atoms with Crippen molar-refractivity contribution in [1.29, 1.82) is 0 Å². The zero-order valence-corrected chi connectivity index (χ0v) is 20.7. The van der Waals surface area contributed by atoms with Crippen LogP contribution in [0.5, 0.6) is 0 Å². The molecule has 0 bridgehead atoms. The van der Waals surface area contributed by atoms with Crippen LogP contribution in [0.15, 0.2) is 52.5 Å². The second-order valence-electron chi connectivity index (χ2n) is 8.62. The Balaban J connectivity index is 1.54. The van der Waals surface area contributed by atoms with Gasteiger partial charge in [-0.2, -0.15) is 0 Å². The number of alkyl halides is 2. The van der Waals surface area contributed by atoms with Crippen molar-refractivity contribution in [3.05, 3.63) is 74.5 Å². The van der Waals surface area contributed by atoms with Crippen LogP contribution in [0.2, 0.25) is 0 Å². The fourth-order valence-electron chi connectivity index (χ4n) is 4.22. The summed E-state index contributed by atoms with van der Waals surface area (Å²) in [5, 5.41) is 3.35. The third-order valence-corrected chi connectivity index (χ3v) is 7.51. The molecule has 1 fully saturated rings. The first-order chi connectivity index (χ1) is 16.2. The number of aryl methyl sites for hydroxylation is 2. The number of piperidine rings is 1. The number of allylic oxidation sites excluding steroid dienone is 4. The molecule has 0 spiro atoms. The van der Waals surface area contributed by atoms with E-state index in [1.54, 1.807) is 17.7 Å². The Morgan fingerprint density at radius 3 is 2.74 bits per heavy atom. The Labute approximate surface area is 207 Å². The smallest absolute Gasteiger partial charge is 0.252 e. The summed E-state index contributed by atoms with van der Waals surface area (Å²) >= 11 is 7.93. The van der Waals surface area contributed by atoms with Crippen molar-refractivity contribution in [2.45, 2.75) is 45.1 Å². The third kappa shape index (κ3) is 5.79. The van der Waals surface area contributed by atoms with Crippen LogP contribution in [-0.2, 0) is 4.79 Å². The standard InChI is InChI=1S/C25H27ClF2N4OS/c1-16-5-3-8-21(31-16)18-6-4-7-20(26)19(13-18)24(33)29-14-22(23-17(2)30-15-34-23)32-11-9-25(27,28)10-12-32/h3-5,7-8,13,15,22H,6,9-12,14H2,1-2H3,(H,29,33). The van der Waals surface area contributed by atoms with Gasteiger partial charge >= 0.3 is 0 Å². The SMILES string of the molecule is Cc1cccc(C2=CC(C(=O)NCC(c3scnc3C)N3CCC(F)(F)CC3)=C(Cl)C=CC2)n1. The molecule has 3 heterocycles. The number of nitrogens with zero attached hydrogens (tertiary/aromatic N) is 3. The van der Waals surface area contributed by atoms with Gasteiger partial charge in [-0.3, -0.25) is 14.7 Å². The van der Waals surface area contributed by atoms with Gasteiger partial charge in [0.25, 0.3) is 11.8 Å². The van der Waals surface area contributed by atoms with Gasteiger partial charge in [0, 0.05) is 43.0 Å². The van der Waals surface area contributed by atoms with E-state index < -0.39 is 5.92 Å². The average molecular weight is 505 g/mol. The van der Waals surface area contributed by atoms with Crippen LogP contribution in [0.3, 0.4) is 0 Å². The Kier molecular flexibility index (Phi) is 7.60. The van der Waals surface area contributed by atoms with E-state index in [0.717, 1.165) is 27.5 Å². The van der Waals surface area contributed by atoms with Gasteiger partial charge in [0.15, 0.2) is 0 Å². The first kappa shape index (κ1) is 24.7. The number of amides is 1. The molecule has 0 radical (unpaired) electrons. The second kappa shape index (κ2) is 10.5. The fraction of sp³-hybridized carbons (Fsp3) is 0.400. The monoisotopic (exact) mass is 504 g/mol. The zero-order chi connectivity index (χ0) is 24.3. The molecule has 4 rings (SSSR count). The first-order valence-corrected chi connectivity index (χ1v) is 12.5. The normalized spacial score (nSPS) is 19.5. The van der Waals surface area contributed by atoms with Crippen molar-refractivity contribution in [3.8, 4) is 0 Å². The van der Waals surface area contributed by atoms with Gasteiger partial charge in [-0.05, 0) is 50.1 Å². The van der Waals surface area contributed by atoms with Crippen LogP contribution in [0.4, 0.5) is 8.78 Å². The maximum atomic E-state index is 13.8. The molecule has 1 atom stereocenters. The van der Waals surface area contributed by atoms with Gasteiger partial charge in [-0.1, -0.05) is 23.7 Å². The summed E-state index contributed by atoms with van der Waals surface area (Å²) < 4.78 is 27.5. The molecule has 1 unspecified atom stereocenters. The lowest BCUT2D eigenvalue weighted by atomic mass is 10.0. The Morgan fingerprint density at radius 2 is 2.06 bits per heavy atom. The third-order valence-electron chi connectivity index (χ3n) is 6.15. The number of rotatable bonds is 6. The number of nitrogens with one attached hydrogen (secondary N) is 1. The van der Waals surface area contributed by atoms with E-state index in [4.69, 9.17) is 11.6 Å². The summed E-state index contributed by atoms with van der Waals surface area (Å²) in [5.41, 5.74) is 5.55. The number of carbonyl (C=O) groups is 1. The molecule has 0 saturated carbocycles. The molecule has 2 aliphatic rings. The van der Waals surface area contributed by atoms with Gasteiger partial charge in [-0.25, -0.2) is 13.8 Å². The van der Waals surface area contributed by atoms with E-state index >= 15 is 0 Å². The molecular formula is C25H27ClF2N4OS. The maximum absolute atomic E-state index is 13.8. The van der Waals surface area contributed by atoms with E-state index in [0.29, 0.717) is 17.0 Å². The lowest BCUT2D eigenvalue weighted by Gasteiger charge is -2.37. The summed E-state index contributed by atoms with van der Waals surface area (Å²) in [4.78, 5) is 25.1.